The van der Waals surface area contributed by atoms with Gasteiger partial charge in [0.05, 0.1) is 56.9 Å². The van der Waals surface area contributed by atoms with E-state index in [1.807, 2.05) is 20.8 Å². The molecule has 12 aliphatic heterocycles. The van der Waals surface area contributed by atoms with Crippen molar-refractivity contribution in [3.05, 3.63) is 0 Å². The number of carbonyl (C=O) groups is 3. The second-order valence-corrected chi connectivity index (χ2v) is 26.4. The SMILES string of the molecule is C[C@@H]1CC[C@H]2[C@@H](C)C(CCOC(=O)CC(CC(=O)OCCC3O[C@@H]4OC5(C)CC[C@H]6[C@H](C)CC[C@@H]([C@H]3C)[C@@]46OO5)C(=O)OCCC3O[C@@H]4OC5(C)CC[C@H]6[C@H](C)CC[C@@H]([C@H]3C)[C@@]46OO5)O[C@@H]3OC4(C)CC[C@@H]1[C@]32OO4. The lowest BCUT2D eigenvalue weighted by atomic mass is 9.57. The zero-order valence-electron chi connectivity index (χ0n) is 46.0. The van der Waals surface area contributed by atoms with Crippen molar-refractivity contribution in [2.24, 2.45) is 76.9 Å². The normalized spacial score (nSPS) is 52.4. The van der Waals surface area contributed by atoms with Crippen LogP contribution in [-0.4, -0.2) is 109 Å². The van der Waals surface area contributed by atoms with Crippen molar-refractivity contribution in [2.75, 3.05) is 19.8 Å². The summed E-state index contributed by atoms with van der Waals surface area (Å²) in [6, 6.07) is 0. The Morgan fingerprint density at radius 2 is 0.747 bits per heavy atom. The van der Waals surface area contributed by atoms with Gasteiger partial charge in [-0.25, -0.2) is 29.3 Å². The molecule has 0 aromatic heterocycles. The first-order chi connectivity index (χ1) is 35.8. The highest BCUT2D eigenvalue weighted by atomic mass is 17.3. The maximum absolute atomic E-state index is 14.2. The monoisotopic (exact) mass is 1060 g/mol. The quantitative estimate of drug-likeness (QED) is 0.0909. The summed E-state index contributed by atoms with van der Waals surface area (Å²) in [5, 5.41) is 0. The minimum atomic E-state index is -1.15. The Hall–Kier alpha value is -2.07. The van der Waals surface area contributed by atoms with E-state index in [1.165, 1.54) is 0 Å². The van der Waals surface area contributed by atoms with Crippen LogP contribution in [0.15, 0.2) is 0 Å². The molecule has 12 heterocycles. The van der Waals surface area contributed by atoms with Gasteiger partial charge in [-0.1, -0.05) is 41.5 Å². The summed E-state index contributed by atoms with van der Waals surface area (Å²) in [4.78, 5) is 78.8. The Kier molecular flexibility index (Phi) is 14.2. The van der Waals surface area contributed by atoms with E-state index >= 15 is 0 Å². The Morgan fingerprint density at radius 3 is 1.08 bits per heavy atom. The van der Waals surface area contributed by atoms with Gasteiger partial charge in [0, 0.05) is 56.3 Å². The van der Waals surface area contributed by atoms with E-state index in [4.69, 9.17) is 72.0 Å². The van der Waals surface area contributed by atoms with Gasteiger partial charge in [-0.2, -0.15) is 0 Å². The third-order valence-electron chi connectivity index (χ3n) is 22.0. The first kappa shape index (κ1) is 53.6. The fourth-order valence-corrected chi connectivity index (χ4v) is 17.7. The summed E-state index contributed by atoms with van der Waals surface area (Å²) in [5.74, 6) is -3.14. The van der Waals surface area contributed by atoms with E-state index in [0.717, 1.165) is 70.6 Å². The maximum Gasteiger partial charge on any atom is 0.310 e. The topological polar surface area (TPSA) is 190 Å². The summed E-state index contributed by atoms with van der Waals surface area (Å²) >= 11 is 0. The number of hydrogen-bond donors (Lipinski definition) is 0. The van der Waals surface area contributed by atoms with E-state index in [2.05, 4.69) is 41.5 Å². The number of carbonyl (C=O) groups excluding carboxylic acids is 3. The van der Waals surface area contributed by atoms with Gasteiger partial charge in [-0.3, -0.25) is 14.4 Å². The molecule has 3 spiro atoms. The van der Waals surface area contributed by atoms with Crippen molar-refractivity contribution >= 4 is 17.9 Å². The highest BCUT2D eigenvalue weighted by molar-refractivity contribution is 5.84. The predicted molar refractivity (Wildman–Crippen MR) is 260 cm³/mol. The zero-order valence-corrected chi connectivity index (χ0v) is 46.0. The van der Waals surface area contributed by atoms with Crippen LogP contribution in [0.25, 0.3) is 0 Å². The molecule has 15 fully saturated rings. The van der Waals surface area contributed by atoms with E-state index < -0.39 is 76.9 Å². The molecular weight excluding hydrogens is 973 g/mol. The molecule has 0 radical (unpaired) electrons. The van der Waals surface area contributed by atoms with Gasteiger partial charge in [0.1, 0.15) is 0 Å². The molecule has 0 N–H and O–H groups in total. The standard InChI is InChI=1S/C57H86O18/c1-30-10-13-40-33(4)43(64-49-55(40)37(30)16-22-52(7,67-49)70-73-55)19-25-61-46(58)28-36(48(60)63-27-21-45-35(6)42-15-12-32(3)39-18-24-54(9)69-51(66-45)57(39,42)75-72-54)29-47(59)62-26-20-44-34(5)41-14-11-31(2)38-17-23-53(8)68-50(65-44)56(38,41)74-71-53/h30-45,49-51H,10-29H2,1-9H3/t30-,31-,32-,33-,34-,35-,36?,37+,38+,39+,40+,41+,42+,43?,44?,45?,49-,50-,51-,52?,53?,54?,55-,56-,57-/m1/s1. The lowest BCUT2D eigenvalue weighted by Crippen LogP contribution is -2.70. The number of fused-ring (bicyclic) bond motifs is 6. The average molecular weight is 1060 g/mol. The summed E-state index contributed by atoms with van der Waals surface area (Å²) in [5.41, 5.74) is -2.09. The van der Waals surface area contributed by atoms with E-state index in [-0.39, 0.29) is 104 Å². The third-order valence-corrected chi connectivity index (χ3v) is 22.0. The Morgan fingerprint density at radius 1 is 0.427 bits per heavy atom. The highest BCUT2D eigenvalue weighted by Gasteiger charge is 2.72. The van der Waals surface area contributed by atoms with Crippen molar-refractivity contribution in [2.45, 2.75) is 243 Å². The van der Waals surface area contributed by atoms with Crippen LogP contribution >= 0.6 is 0 Å². The largest absolute Gasteiger partial charge is 0.466 e. The first-order valence-corrected chi connectivity index (χ1v) is 29.4. The van der Waals surface area contributed by atoms with E-state index in [9.17, 15) is 14.4 Å². The van der Waals surface area contributed by atoms with Gasteiger partial charge in [0.2, 0.25) is 17.4 Å². The fourth-order valence-electron chi connectivity index (χ4n) is 17.7. The van der Waals surface area contributed by atoms with Crippen LogP contribution in [-0.2, 0) is 86.3 Å². The van der Waals surface area contributed by atoms with Crippen LogP contribution in [0.2, 0.25) is 0 Å². The Balaban J connectivity index is 0.689. The minimum absolute atomic E-state index is 0.0157. The van der Waals surface area contributed by atoms with Gasteiger partial charge >= 0.3 is 17.9 Å². The molecule has 15 aliphatic rings. The molecule has 6 unspecified atom stereocenters. The van der Waals surface area contributed by atoms with E-state index in [1.54, 1.807) is 0 Å². The molecule has 6 bridgehead atoms. The molecule has 24 atom stereocenters. The van der Waals surface area contributed by atoms with Crippen LogP contribution in [0.4, 0.5) is 0 Å². The lowest BCUT2D eigenvalue weighted by Gasteiger charge is -2.60. The molecule has 3 aliphatic carbocycles. The molecule has 0 aromatic carbocycles. The van der Waals surface area contributed by atoms with Crippen molar-refractivity contribution in [1.29, 1.82) is 0 Å². The van der Waals surface area contributed by atoms with Crippen molar-refractivity contribution in [3.63, 3.8) is 0 Å². The van der Waals surface area contributed by atoms with Gasteiger partial charge in [-0.15, -0.1) is 0 Å². The summed E-state index contributed by atoms with van der Waals surface area (Å²) in [7, 11) is 0. The summed E-state index contributed by atoms with van der Waals surface area (Å²) < 4.78 is 57.7. The maximum atomic E-state index is 14.2. The molecule has 12 saturated heterocycles. The van der Waals surface area contributed by atoms with Gasteiger partial charge < -0.3 is 42.6 Å². The molecule has 3 saturated carbocycles. The van der Waals surface area contributed by atoms with Crippen molar-refractivity contribution in [1.82, 2.24) is 0 Å². The average Bonchev–Trinajstić information content (AvgIpc) is 3.91. The molecule has 15 rings (SSSR count). The Labute approximate surface area is 442 Å². The smallest absolute Gasteiger partial charge is 0.310 e. The number of esters is 3. The van der Waals surface area contributed by atoms with Crippen molar-refractivity contribution < 1.29 is 86.3 Å². The van der Waals surface area contributed by atoms with Gasteiger partial charge in [-0.05, 0) is 132 Å². The lowest BCUT2D eigenvalue weighted by molar-refractivity contribution is -0.571. The minimum Gasteiger partial charge on any atom is -0.466 e. The van der Waals surface area contributed by atoms with Crippen LogP contribution in [0.5, 0.6) is 0 Å². The molecule has 75 heavy (non-hydrogen) atoms. The highest BCUT2D eigenvalue weighted by Crippen LogP contribution is 2.64. The van der Waals surface area contributed by atoms with Gasteiger partial charge in [0.25, 0.3) is 0 Å². The second-order valence-electron chi connectivity index (χ2n) is 26.4. The molecular formula is C57H86O18. The number of ether oxygens (including phenoxy) is 9. The van der Waals surface area contributed by atoms with Gasteiger partial charge in [0.15, 0.2) is 35.7 Å². The predicted octanol–water partition coefficient (Wildman–Crippen LogP) is 8.93. The number of rotatable bonds is 14. The molecule has 0 amide bonds. The van der Waals surface area contributed by atoms with Crippen LogP contribution < -0.4 is 0 Å². The van der Waals surface area contributed by atoms with Crippen LogP contribution in [0.3, 0.4) is 0 Å². The summed E-state index contributed by atoms with van der Waals surface area (Å²) in [6.07, 6.45) is 8.87. The second kappa shape index (κ2) is 19.9. The Bertz CT molecular complexity index is 2050. The molecule has 0 aromatic rings. The summed E-state index contributed by atoms with van der Waals surface area (Å²) in [6.45, 7) is 19.2. The molecule has 422 valence electrons. The van der Waals surface area contributed by atoms with E-state index in [0.29, 0.717) is 43.4 Å². The number of hydrogen-bond acceptors (Lipinski definition) is 18. The van der Waals surface area contributed by atoms with Crippen LogP contribution in [0.1, 0.15) is 171 Å². The fraction of sp³-hybridized carbons (Fsp3) is 0.947. The zero-order chi connectivity index (χ0) is 52.5. The first-order valence-electron chi connectivity index (χ1n) is 29.4. The molecule has 18 heteroatoms. The third kappa shape index (κ3) is 8.89. The molecule has 18 nitrogen and oxygen atoms in total. The van der Waals surface area contributed by atoms with Crippen LogP contribution in [0, 0.1) is 76.9 Å². The van der Waals surface area contributed by atoms with Crippen molar-refractivity contribution in [3.8, 4) is 0 Å².